The van der Waals surface area contributed by atoms with Gasteiger partial charge in [-0.15, -0.1) is 0 Å². The third-order valence-electron chi connectivity index (χ3n) is 4.13. The number of benzene rings is 3. The molecule has 0 spiro atoms. The lowest BCUT2D eigenvalue weighted by Crippen LogP contribution is -2.30. The normalized spacial score (nSPS) is 11.2. The Bertz CT molecular complexity index is 887. The van der Waals surface area contributed by atoms with Crippen molar-refractivity contribution in [1.82, 2.24) is 0 Å². The highest BCUT2D eigenvalue weighted by atomic mass is 35.5. The maximum atomic E-state index is 12.3. The molecule has 0 aliphatic carbocycles. The van der Waals surface area contributed by atoms with Crippen LogP contribution in [0.2, 0.25) is 5.02 Å². The number of halogens is 1. The molecule has 26 heavy (non-hydrogen) atoms. The number of anilines is 1. The molecule has 0 fully saturated rings. The number of hydrogen-bond acceptors (Lipinski definition) is 1. The minimum Gasteiger partial charge on any atom is -0.308 e. The van der Waals surface area contributed by atoms with Crippen LogP contribution in [0.25, 0.3) is 11.6 Å². The summed E-state index contributed by atoms with van der Waals surface area (Å²) in [5.41, 5.74) is 4.06. The summed E-state index contributed by atoms with van der Waals surface area (Å²) >= 11 is 6.04. The quantitative estimate of drug-likeness (QED) is 0.515. The van der Waals surface area contributed by atoms with Crippen LogP contribution < -0.4 is 4.90 Å². The molecular formula is C23H20ClNO. The fourth-order valence-electron chi connectivity index (χ4n) is 2.80. The van der Waals surface area contributed by atoms with Crippen molar-refractivity contribution in [3.8, 4) is 0 Å². The largest absolute Gasteiger partial charge is 0.308 e. The summed E-state index contributed by atoms with van der Waals surface area (Å²) in [6.07, 6.45) is 2.11. The maximum Gasteiger partial charge on any atom is 0.224 e. The van der Waals surface area contributed by atoms with Crippen molar-refractivity contribution < 1.29 is 4.79 Å². The van der Waals surface area contributed by atoms with Gasteiger partial charge in [-0.3, -0.25) is 4.79 Å². The van der Waals surface area contributed by atoms with Gasteiger partial charge >= 0.3 is 0 Å². The summed E-state index contributed by atoms with van der Waals surface area (Å²) in [5, 5.41) is 0.694. The van der Waals surface area contributed by atoms with Gasteiger partial charge in [-0.25, -0.2) is 0 Å². The van der Waals surface area contributed by atoms with Crippen LogP contribution in [0.15, 0.2) is 84.9 Å². The topological polar surface area (TPSA) is 20.3 Å². The Morgan fingerprint density at radius 2 is 1.46 bits per heavy atom. The fourth-order valence-corrected chi connectivity index (χ4v) is 2.92. The number of hydrogen-bond donors (Lipinski definition) is 0. The Hall–Kier alpha value is -2.84. The molecular weight excluding hydrogens is 342 g/mol. The molecule has 0 aliphatic heterocycles. The van der Waals surface area contributed by atoms with Crippen molar-refractivity contribution >= 4 is 34.8 Å². The minimum atomic E-state index is 0.00382. The Kier molecular flexibility index (Phi) is 5.88. The molecule has 130 valence electrons. The third kappa shape index (κ3) is 4.62. The zero-order valence-electron chi connectivity index (χ0n) is 14.6. The Labute approximate surface area is 159 Å². The van der Waals surface area contributed by atoms with E-state index in [2.05, 4.69) is 18.2 Å². The van der Waals surface area contributed by atoms with Gasteiger partial charge in [0.15, 0.2) is 0 Å². The van der Waals surface area contributed by atoms with Gasteiger partial charge in [0.05, 0.1) is 6.54 Å². The summed E-state index contributed by atoms with van der Waals surface area (Å²) in [5.74, 6) is 0.00382. The van der Waals surface area contributed by atoms with Crippen molar-refractivity contribution in [2.45, 2.75) is 6.92 Å². The number of amides is 1. The molecule has 0 aromatic heterocycles. The van der Waals surface area contributed by atoms with Gasteiger partial charge in [0.25, 0.3) is 0 Å². The molecule has 0 unspecified atom stereocenters. The second kappa shape index (κ2) is 8.50. The molecule has 3 heteroatoms. The second-order valence-corrected chi connectivity index (χ2v) is 6.46. The smallest absolute Gasteiger partial charge is 0.224 e. The lowest BCUT2D eigenvalue weighted by atomic mass is 10.0. The zero-order valence-corrected chi connectivity index (χ0v) is 15.4. The highest BCUT2D eigenvalue weighted by molar-refractivity contribution is 6.30. The van der Waals surface area contributed by atoms with E-state index in [-0.39, 0.29) is 5.91 Å². The Morgan fingerprint density at radius 1 is 0.885 bits per heavy atom. The number of carbonyl (C=O) groups excluding carboxylic acids is 1. The second-order valence-electron chi connectivity index (χ2n) is 6.03. The van der Waals surface area contributed by atoms with Gasteiger partial charge in [-0.1, -0.05) is 72.3 Å². The molecule has 3 aromatic carbocycles. The highest BCUT2D eigenvalue weighted by Crippen LogP contribution is 2.24. The Balaban J connectivity index is 2.01. The molecule has 0 bridgehead atoms. The van der Waals surface area contributed by atoms with E-state index in [0.29, 0.717) is 11.6 Å². The van der Waals surface area contributed by atoms with Crippen LogP contribution in [-0.2, 0) is 4.79 Å². The highest BCUT2D eigenvalue weighted by Gasteiger charge is 2.14. The first-order valence-corrected chi connectivity index (χ1v) is 8.86. The van der Waals surface area contributed by atoms with Crippen molar-refractivity contribution in [2.24, 2.45) is 0 Å². The standard InChI is InChI=1S/C23H20ClNO/c1-18(26)25(23-10-6-3-7-11-23)17-21(16-19-8-4-2-5-9-19)20-12-14-22(24)15-13-20/h2-16H,17H2,1H3/b21-16+. The van der Waals surface area contributed by atoms with Gasteiger partial charge in [-0.05, 0) is 47.0 Å². The first-order valence-electron chi connectivity index (χ1n) is 8.48. The van der Waals surface area contributed by atoms with Crippen molar-refractivity contribution in [2.75, 3.05) is 11.4 Å². The van der Waals surface area contributed by atoms with Crippen molar-refractivity contribution in [3.05, 3.63) is 101 Å². The lowest BCUT2D eigenvalue weighted by Gasteiger charge is -2.23. The maximum absolute atomic E-state index is 12.3. The van der Waals surface area contributed by atoms with Crippen LogP contribution in [0.4, 0.5) is 5.69 Å². The molecule has 0 saturated heterocycles. The summed E-state index contributed by atoms with van der Waals surface area (Å²) in [4.78, 5) is 14.1. The molecule has 0 atom stereocenters. The molecule has 0 saturated carbocycles. The van der Waals surface area contributed by atoms with E-state index in [4.69, 9.17) is 11.6 Å². The molecule has 0 N–H and O–H groups in total. The van der Waals surface area contributed by atoms with E-state index < -0.39 is 0 Å². The monoisotopic (exact) mass is 361 g/mol. The lowest BCUT2D eigenvalue weighted by molar-refractivity contribution is -0.116. The van der Waals surface area contributed by atoms with Crippen molar-refractivity contribution in [1.29, 1.82) is 0 Å². The third-order valence-corrected chi connectivity index (χ3v) is 4.38. The minimum absolute atomic E-state index is 0.00382. The average Bonchev–Trinajstić information content (AvgIpc) is 2.67. The summed E-state index contributed by atoms with van der Waals surface area (Å²) < 4.78 is 0. The first kappa shape index (κ1) is 18.0. The predicted molar refractivity (Wildman–Crippen MR) is 110 cm³/mol. The van der Waals surface area contributed by atoms with Crippen LogP contribution in [0.5, 0.6) is 0 Å². The van der Waals surface area contributed by atoms with Gasteiger partial charge in [0, 0.05) is 17.6 Å². The van der Waals surface area contributed by atoms with Crippen LogP contribution in [0.3, 0.4) is 0 Å². The van der Waals surface area contributed by atoms with E-state index in [1.165, 1.54) is 0 Å². The summed E-state index contributed by atoms with van der Waals surface area (Å²) in [6, 6.07) is 27.5. The predicted octanol–water partition coefficient (Wildman–Crippen LogP) is 5.93. The van der Waals surface area contributed by atoms with Crippen LogP contribution >= 0.6 is 11.6 Å². The molecule has 0 radical (unpaired) electrons. The van der Waals surface area contributed by atoms with Gasteiger partial charge < -0.3 is 4.90 Å². The van der Waals surface area contributed by atoms with Gasteiger partial charge in [0.1, 0.15) is 0 Å². The molecule has 1 amide bonds. The Morgan fingerprint density at radius 3 is 2.04 bits per heavy atom. The van der Waals surface area contributed by atoms with E-state index in [1.807, 2.05) is 72.8 Å². The zero-order chi connectivity index (χ0) is 18.4. The number of nitrogens with zero attached hydrogens (tertiary/aromatic N) is 1. The van der Waals surface area contributed by atoms with Crippen LogP contribution in [0.1, 0.15) is 18.1 Å². The van der Waals surface area contributed by atoms with E-state index in [0.717, 1.165) is 22.4 Å². The number of para-hydroxylation sites is 1. The molecule has 0 aliphatic rings. The average molecular weight is 362 g/mol. The van der Waals surface area contributed by atoms with Crippen LogP contribution in [-0.4, -0.2) is 12.5 Å². The summed E-state index contributed by atoms with van der Waals surface area (Å²) in [7, 11) is 0. The first-order chi connectivity index (χ1) is 12.6. The number of carbonyl (C=O) groups is 1. The van der Waals surface area contributed by atoms with E-state index in [1.54, 1.807) is 11.8 Å². The van der Waals surface area contributed by atoms with E-state index >= 15 is 0 Å². The number of rotatable bonds is 5. The molecule has 2 nitrogen and oxygen atoms in total. The summed E-state index contributed by atoms with van der Waals surface area (Å²) in [6.45, 7) is 2.07. The van der Waals surface area contributed by atoms with Crippen molar-refractivity contribution in [3.63, 3.8) is 0 Å². The molecule has 3 rings (SSSR count). The van der Waals surface area contributed by atoms with Gasteiger partial charge in [0.2, 0.25) is 5.91 Å². The fraction of sp³-hybridized carbons (Fsp3) is 0.0870. The van der Waals surface area contributed by atoms with Gasteiger partial charge in [-0.2, -0.15) is 0 Å². The van der Waals surface area contributed by atoms with E-state index in [9.17, 15) is 4.79 Å². The SMILES string of the molecule is CC(=O)N(C/C(=C\c1ccccc1)c1ccc(Cl)cc1)c1ccccc1. The molecule has 3 aromatic rings. The molecule has 0 heterocycles. The van der Waals surface area contributed by atoms with Crippen LogP contribution in [0, 0.1) is 0 Å².